The Morgan fingerprint density at radius 1 is 1.15 bits per heavy atom. The molecular weight excluding hydrogens is 440 g/mol. The molecule has 0 spiro atoms. The van der Waals surface area contributed by atoms with Gasteiger partial charge in [0.2, 0.25) is 0 Å². The molecule has 1 aliphatic carbocycles. The maximum Gasteiger partial charge on any atom is 0.119 e. The van der Waals surface area contributed by atoms with Crippen LogP contribution in [0.4, 0.5) is 5.69 Å². The topological polar surface area (TPSA) is 83.2 Å². The van der Waals surface area contributed by atoms with E-state index in [-0.39, 0.29) is 0 Å². The molecular formula is C25H33ClN4O3. The van der Waals surface area contributed by atoms with E-state index in [9.17, 15) is 10.5 Å². The van der Waals surface area contributed by atoms with Gasteiger partial charge in [-0.05, 0) is 92.7 Å². The van der Waals surface area contributed by atoms with Crippen molar-refractivity contribution in [3.8, 4) is 11.8 Å². The van der Waals surface area contributed by atoms with Gasteiger partial charge in [-0.1, -0.05) is 11.6 Å². The number of likely N-dealkylation sites (tertiary alicyclic amines) is 1. The Labute approximate surface area is 201 Å². The summed E-state index contributed by atoms with van der Waals surface area (Å²) in [6.45, 7) is 3.18. The summed E-state index contributed by atoms with van der Waals surface area (Å²) in [5.41, 5.74) is 3.97. The van der Waals surface area contributed by atoms with E-state index in [4.69, 9.17) is 21.5 Å². The molecule has 4 rings (SSSR count). The molecule has 2 aromatic rings. The van der Waals surface area contributed by atoms with Crippen LogP contribution in [0.2, 0.25) is 5.02 Å². The zero-order chi connectivity index (χ0) is 23.8. The fraction of sp³-hybridized carbons (Fsp3) is 0.480. The van der Waals surface area contributed by atoms with E-state index in [1.54, 1.807) is 37.4 Å². The minimum atomic E-state index is 0.333. The highest BCUT2D eigenvalue weighted by Crippen LogP contribution is 2.31. The number of fused-ring (bicyclic) bond motifs is 1. The molecule has 1 aliphatic heterocycles. The summed E-state index contributed by atoms with van der Waals surface area (Å²) in [4.78, 5) is 2.61. The number of anilines is 1. The van der Waals surface area contributed by atoms with Gasteiger partial charge >= 0.3 is 0 Å². The molecule has 33 heavy (non-hydrogen) atoms. The summed E-state index contributed by atoms with van der Waals surface area (Å²) in [5, 5.41) is 30.5. The van der Waals surface area contributed by atoms with Gasteiger partial charge in [0, 0.05) is 24.7 Å². The van der Waals surface area contributed by atoms with Crippen molar-refractivity contribution in [2.75, 3.05) is 45.4 Å². The van der Waals surface area contributed by atoms with E-state index in [0.29, 0.717) is 29.8 Å². The molecule has 1 saturated heterocycles. The predicted octanol–water partition coefficient (Wildman–Crippen LogP) is 4.38. The maximum atomic E-state index is 9.59. The van der Waals surface area contributed by atoms with Crippen LogP contribution in [0.3, 0.4) is 0 Å². The van der Waals surface area contributed by atoms with Crippen LogP contribution >= 0.6 is 11.6 Å². The summed E-state index contributed by atoms with van der Waals surface area (Å²) in [5.74, 6) is 0.742. The Kier molecular flexibility index (Phi) is 9.36. The highest BCUT2D eigenvalue weighted by molar-refractivity contribution is 6.30. The fourth-order valence-electron chi connectivity index (χ4n) is 4.48. The minimum absolute atomic E-state index is 0.333. The molecule has 2 N–H and O–H groups in total. The molecule has 7 nitrogen and oxygen atoms in total. The molecule has 2 aromatic carbocycles. The molecule has 1 heterocycles. The average molecular weight is 473 g/mol. The Morgan fingerprint density at radius 3 is 2.45 bits per heavy atom. The zero-order valence-corrected chi connectivity index (χ0v) is 20.1. The van der Waals surface area contributed by atoms with Gasteiger partial charge in [0.05, 0.1) is 31.0 Å². The number of nitriles is 1. The molecule has 1 fully saturated rings. The van der Waals surface area contributed by atoms with Crippen molar-refractivity contribution in [3.63, 3.8) is 0 Å². The lowest BCUT2D eigenvalue weighted by Gasteiger charge is -2.32. The van der Waals surface area contributed by atoms with Gasteiger partial charge in [0.25, 0.3) is 0 Å². The third-order valence-corrected chi connectivity index (χ3v) is 6.49. The first-order valence-electron chi connectivity index (χ1n) is 11.4. The number of nitrogens with zero attached hydrogens (tertiary/aromatic N) is 4. The minimum Gasteiger partial charge on any atom is -0.497 e. The van der Waals surface area contributed by atoms with Gasteiger partial charge in [0.15, 0.2) is 0 Å². The number of hydrogen-bond acceptors (Lipinski definition) is 7. The number of hydrogen-bond donors (Lipinski definition) is 2. The molecule has 2 aliphatic rings. The average Bonchev–Trinajstić information content (AvgIpc) is 3.37. The lowest BCUT2D eigenvalue weighted by molar-refractivity contribution is -0.0647. The zero-order valence-electron chi connectivity index (χ0n) is 19.4. The third-order valence-electron chi connectivity index (χ3n) is 6.27. The second-order valence-corrected chi connectivity index (χ2v) is 8.98. The first-order valence-corrected chi connectivity index (χ1v) is 11.7. The summed E-state index contributed by atoms with van der Waals surface area (Å²) in [6.07, 6.45) is 5.94. The van der Waals surface area contributed by atoms with Crippen molar-refractivity contribution in [2.24, 2.45) is 0 Å². The van der Waals surface area contributed by atoms with Crippen LogP contribution in [0.15, 0.2) is 36.4 Å². The molecule has 0 amide bonds. The normalized spacial score (nSPS) is 17.7. The van der Waals surface area contributed by atoms with Gasteiger partial charge in [-0.2, -0.15) is 10.3 Å². The first-order chi connectivity index (χ1) is 15.9. The Balaban J connectivity index is 0.000000190. The van der Waals surface area contributed by atoms with Crippen LogP contribution in [0, 0.1) is 11.3 Å². The first kappa shape index (κ1) is 25.3. The number of methoxy groups -OCH3 is 1. The monoisotopic (exact) mass is 472 g/mol. The summed E-state index contributed by atoms with van der Waals surface area (Å²) < 4.78 is 5.00. The summed E-state index contributed by atoms with van der Waals surface area (Å²) in [7, 11) is 3.12. The largest absolute Gasteiger partial charge is 0.497 e. The lowest BCUT2D eigenvalue weighted by atomic mass is 9.85. The number of benzene rings is 2. The van der Waals surface area contributed by atoms with Crippen LogP contribution in [-0.2, 0) is 12.8 Å². The maximum absolute atomic E-state index is 9.59. The summed E-state index contributed by atoms with van der Waals surface area (Å²) in [6, 6.07) is 13.8. The van der Waals surface area contributed by atoms with Crippen LogP contribution in [0.1, 0.15) is 36.0 Å². The van der Waals surface area contributed by atoms with E-state index in [0.717, 1.165) is 34.3 Å². The standard InChI is InChI=1S/C15H17ClN2.C10H16N2O3/c16-13-7-11-9-14(18-5-1-2-6-18)3-4-15(11)12(8-13)10-17;1-11(13)7-8-12(14)9-3-5-10(15-2)6-4-9/h7-8,14H,1-6,9H2;3-6,13-14H,7-8H2,1-2H3. The Bertz CT molecular complexity index is 940. The van der Waals surface area contributed by atoms with E-state index in [2.05, 4.69) is 17.0 Å². The predicted molar refractivity (Wildman–Crippen MR) is 129 cm³/mol. The van der Waals surface area contributed by atoms with Gasteiger partial charge < -0.3 is 14.8 Å². The second-order valence-electron chi connectivity index (χ2n) is 8.54. The van der Waals surface area contributed by atoms with E-state index in [1.165, 1.54) is 50.5 Å². The van der Waals surface area contributed by atoms with Gasteiger partial charge in [-0.3, -0.25) is 10.3 Å². The third kappa shape index (κ3) is 7.07. The molecule has 1 unspecified atom stereocenters. The van der Waals surface area contributed by atoms with Crippen LogP contribution in [0.25, 0.3) is 0 Å². The van der Waals surface area contributed by atoms with E-state index < -0.39 is 0 Å². The van der Waals surface area contributed by atoms with Crippen LogP contribution < -0.4 is 9.80 Å². The summed E-state index contributed by atoms with van der Waals surface area (Å²) >= 11 is 6.10. The molecule has 0 saturated carbocycles. The second kappa shape index (κ2) is 12.2. The molecule has 178 valence electrons. The number of likely N-dealkylation sites (N-methyl/N-ethyl adjacent to an activating group) is 1. The van der Waals surface area contributed by atoms with Crippen molar-refractivity contribution >= 4 is 17.3 Å². The van der Waals surface area contributed by atoms with Gasteiger partial charge in [-0.25, -0.2) is 0 Å². The molecule has 0 aromatic heterocycles. The number of hydroxylamine groups is 3. The number of rotatable bonds is 6. The molecule has 1 atom stereocenters. The number of ether oxygens (including phenoxy) is 1. The van der Waals surface area contributed by atoms with Crippen molar-refractivity contribution in [2.45, 2.75) is 38.1 Å². The van der Waals surface area contributed by atoms with Crippen LogP contribution in [0.5, 0.6) is 5.75 Å². The molecule has 8 heteroatoms. The SMILES string of the molecule is COc1ccc(N(O)CCN(C)O)cc1.N#Cc1cc(Cl)cc2c1CCC(N1CCCC1)C2. The van der Waals surface area contributed by atoms with Crippen molar-refractivity contribution in [3.05, 3.63) is 58.1 Å². The highest BCUT2D eigenvalue weighted by atomic mass is 35.5. The highest BCUT2D eigenvalue weighted by Gasteiger charge is 2.27. The van der Waals surface area contributed by atoms with Crippen molar-refractivity contribution < 1.29 is 15.2 Å². The van der Waals surface area contributed by atoms with Gasteiger partial charge in [0.1, 0.15) is 5.75 Å². The van der Waals surface area contributed by atoms with Crippen molar-refractivity contribution in [1.82, 2.24) is 9.96 Å². The van der Waals surface area contributed by atoms with E-state index >= 15 is 0 Å². The molecule has 0 bridgehead atoms. The Morgan fingerprint density at radius 2 is 1.85 bits per heavy atom. The lowest BCUT2D eigenvalue weighted by Crippen LogP contribution is -2.37. The van der Waals surface area contributed by atoms with Gasteiger partial charge in [-0.15, -0.1) is 0 Å². The van der Waals surface area contributed by atoms with E-state index in [1.807, 2.05) is 0 Å². The fourth-order valence-corrected chi connectivity index (χ4v) is 4.72. The van der Waals surface area contributed by atoms with Crippen molar-refractivity contribution in [1.29, 1.82) is 5.26 Å². The van der Waals surface area contributed by atoms with Crippen LogP contribution in [-0.4, -0.2) is 66.8 Å². The quantitative estimate of drug-likeness (QED) is 0.603. The number of halogens is 1. The smallest absolute Gasteiger partial charge is 0.119 e. The Hall–Kier alpha value is -2.34. The molecule has 0 radical (unpaired) electrons.